The fraction of sp³-hybridized carbons (Fsp3) is 0.200. The molecule has 7 nitrogen and oxygen atoms in total. The summed E-state index contributed by atoms with van der Waals surface area (Å²) in [6, 6.07) is 11.4. The number of halogens is 3. The maximum absolute atomic E-state index is 13.7. The predicted octanol–water partition coefficient (Wildman–Crippen LogP) is 6.78. The van der Waals surface area contributed by atoms with E-state index in [1.54, 1.807) is 23.9 Å². The molecule has 1 unspecified atom stereocenters. The van der Waals surface area contributed by atoms with Crippen molar-refractivity contribution < 1.29 is 8.78 Å². The molecule has 0 saturated heterocycles. The Hall–Kier alpha value is -2.11. The number of nitrogens with one attached hydrogen (secondary N) is 2. The van der Waals surface area contributed by atoms with Crippen LogP contribution in [0.25, 0.3) is 11.2 Å². The summed E-state index contributed by atoms with van der Waals surface area (Å²) >= 11 is 3.65. The van der Waals surface area contributed by atoms with E-state index in [-0.39, 0.29) is 12.2 Å². The molecular weight excluding hydrogens is 566 g/mol. The number of aromatic nitrogens is 5. The lowest BCUT2D eigenvalue weighted by Gasteiger charge is -2.13. The average molecular weight is 585 g/mol. The molecule has 3 aromatic heterocycles. The molecule has 12 heteroatoms. The minimum Gasteiger partial charge on any atom is -0.353 e. The standard InChI is InChI=1S/C20H19F2IN7PS/c1-10-8-15(25-11(2)24-10)27-16-9-13(26-12-6-4-5-7-14(12)32-3)17-19(28-16)30(31-23)20(29-17)18(21)22/h4-9,18,31H,1-3H3,(H2,24,25,26,27,28). The van der Waals surface area contributed by atoms with Crippen molar-refractivity contribution in [3.63, 3.8) is 0 Å². The van der Waals surface area contributed by atoms with E-state index in [2.05, 4.69) is 52.6 Å². The zero-order chi connectivity index (χ0) is 22.8. The van der Waals surface area contributed by atoms with Gasteiger partial charge in [-0.2, -0.15) is 0 Å². The Morgan fingerprint density at radius 2 is 1.75 bits per heavy atom. The van der Waals surface area contributed by atoms with Gasteiger partial charge in [-0.3, -0.25) is 4.34 Å². The predicted molar refractivity (Wildman–Crippen MR) is 137 cm³/mol. The normalized spacial score (nSPS) is 11.7. The number of aryl methyl sites for hydroxylation is 2. The summed E-state index contributed by atoms with van der Waals surface area (Å²) < 4.78 is 28.9. The number of hydrogen-bond donors (Lipinski definition) is 2. The number of para-hydroxylation sites is 1. The number of thioether (sulfide) groups is 1. The highest BCUT2D eigenvalue weighted by atomic mass is 127. The van der Waals surface area contributed by atoms with Crippen molar-refractivity contribution in [2.24, 2.45) is 0 Å². The Bertz CT molecular complexity index is 1260. The molecule has 166 valence electrons. The van der Waals surface area contributed by atoms with Crippen LogP contribution in [0.5, 0.6) is 0 Å². The molecule has 0 aliphatic carbocycles. The number of imidazole rings is 1. The van der Waals surface area contributed by atoms with Gasteiger partial charge < -0.3 is 10.6 Å². The topological polar surface area (TPSA) is 80.6 Å². The molecule has 1 aromatic carbocycles. The molecule has 2 N–H and O–H groups in total. The number of hydrogen-bond acceptors (Lipinski definition) is 7. The van der Waals surface area contributed by atoms with Crippen LogP contribution in [0.2, 0.25) is 0 Å². The molecule has 0 aliphatic heterocycles. The lowest BCUT2D eigenvalue weighted by molar-refractivity contribution is 0.140. The van der Waals surface area contributed by atoms with E-state index in [1.165, 1.54) is 4.34 Å². The monoisotopic (exact) mass is 585 g/mol. The first-order chi connectivity index (χ1) is 15.4. The summed E-state index contributed by atoms with van der Waals surface area (Å²) in [5, 5.41) is 6.55. The highest BCUT2D eigenvalue weighted by Gasteiger charge is 2.23. The lowest BCUT2D eigenvalue weighted by atomic mass is 10.2. The van der Waals surface area contributed by atoms with Crippen LogP contribution < -0.4 is 10.6 Å². The molecule has 4 rings (SSSR count). The first kappa shape index (κ1) is 23.1. The highest BCUT2D eigenvalue weighted by molar-refractivity contribution is 14.2. The number of anilines is 4. The Labute approximate surface area is 202 Å². The van der Waals surface area contributed by atoms with E-state index in [0.29, 0.717) is 34.3 Å². The van der Waals surface area contributed by atoms with Gasteiger partial charge in [0.15, 0.2) is 11.5 Å². The van der Waals surface area contributed by atoms with Crippen LogP contribution in [-0.2, 0) is 0 Å². The second-order valence-electron chi connectivity index (χ2n) is 6.81. The Morgan fingerprint density at radius 1 is 1.00 bits per heavy atom. The van der Waals surface area contributed by atoms with E-state index in [9.17, 15) is 8.78 Å². The van der Waals surface area contributed by atoms with Crippen molar-refractivity contribution in [2.45, 2.75) is 25.2 Å². The molecule has 0 aliphatic rings. The average Bonchev–Trinajstić information content (AvgIpc) is 3.12. The zero-order valence-corrected chi connectivity index (χ0v) is 21.3. The van der Waals surface area contributed by atoms with E-state index in [1.807, 2.05) is 44.4 Å². The van der Waals surface area contributed by atoms with Gasteiger partial charge in [0, 0.05) is 22.7 Å². The minimum atomic E-state index is -2.71. The largest absolute Gasteiger partial charge is 0.353 e. The van der Waals surface area contributed by atoms with E-state index in [0.717, 1.165) is 16.3 Å². The molecule has 4 aromatic rings. The van der Waals surface area contributed by atoms with Crippen molar-refractivity contribution in [1.82, 2.24) is 24.3 Å². The van der Waals surface area contributed by atoms with Crippen LogP contribution in [-0.4, -0.2) is 30.5 Å². The second-order valence-corrected chi connectivity index (χ2v) is 9.72. The zero-order valence-electron chi connectivity index (χ0n) is 17.3. The number of fused-ring (bicyclic) bond motifs is 1. The van der Waals surface area contributed by atoms with Crippen LogP contribution in [0.15, 0.2) is 41.3 Å². The fourth-order valence-electron chi connectivity index (χ4n) is 3.26. The van der Waals surface area contributed by atoms with Crippen LogP contribution in [0.3, 0.4) is 0 Å². The van der Waals surface area contributed by atoms with E-state index in [4.69, 9.17) is 0 Å². The van der Waals surface area contributed by atoms with Gasteiger partial charge in [0.1, 0.15) is 23.0 Å². The summed E-state index contributed by atoms with van der Waals surface area (Å²) in [6.07, 6.45) is -0.706. The number of benzene rings is 1. The first-order valence-electron chi connectivity index (χ1n) is 9.47. The summed E-state index contributed by atoms with van der Waals surface area (Å²) in [7, 11) is 0. The number of rotatable bonds is 7. The molecule has 1 atom stereocenters. The third kappa shape index (κ3) is 4.79. The second kappa shape index (κ2) is 9.80. The van der Waals surface area contributed by atoms with Crippen molar-refractivity contribution in [1.29, 1.82) is 0 Å². The van der Waals surface area contributed by atoms with E-state index < -0.39 is 6.43 Å². The number of alkyl halides is 2. The maximum atomic E-state index is 13.7. The van der Waals surface area contributed by atoms with Gasteiger partial charge >= 0.3 is 0 Å². The van der Waals surface area contributed by atoms with Crippen molar-refractivity contribution in [3.8, 4) is 0 Å². The van der Waals surface area contributed by atoms with Crippen LogP contribution in [0.1, 0.15) is 23.8 Å². The third-order valence-corrected chi connectivity index (χ3v) is 7.37. The van der Waals surface area contributed by atoms with Gasteiger partial charge in [-0.05, 0) is 54.3 Å². The Balaban J connectivity index is 1.87. The van der Waals surface area contributed by atoms with Gasteiger partial charge in [0.05, 0.1) is 17.7 Å². The quantitative estimate of drug-likeness (QED) is 0.141. The van der Waals surface area contributed by atoms with Gasteiger partial charge in [0.2, 0.25) is 0 Å². The smallest absolute Gasteiger partial charge is 0.295 e. The van der Waals surface area contributed by atoms with Crippen molar-refractivity contribution in [2.75, 3.05) is 16.9 Å². The molecule has 0 saturated carbocycles. The highest BCUT2D eigenvalue weighted by Crippen LogP contribution is 2.39. The molecule has 0 radical (unpaired) electrons. The summed E-state index contributed by atoms with van der Waals surface area (Å²) in [5.41, 5.74) is 3.02. The van der Waals surface area contributed by atoms with Gasteiger partial charge in [0.25, 0.3) is 6.43 Å². The van der Waals surface area contributed by atoms with Crippen molar-refractivity contribution in [3.05, 3.63) is 53.7 Å². The van der Waals surface area contributed by atoms with Crippen LogP contribution in [0.4, 0.5) is 31.8 Å². The molecule has 0 bridgehead atoms. The van der Waals surface area contributed by atoms with E-state index >= 15 is 0 Å². The van der Waals surface area contributed by atoms with Gasteiger partial charge in [-0.1, -0.05) is 12.1 Å². The minimum absolute atomic E-state index is 0.0186. The van der Waals surface area contributed by atoms with Gasteiger partial charge in [-0.15, -0.1) is 11.8 Å². The lowest BCUT2D eigenvalue weighted by Crippen LogP contribution is -2.02. The molecule has 3 heterocycles. The van der Waals surface area contributed by atoms with Crippen LogP contribution in [0, 0.1) is 13.8 Å². The third-order valence-electron chi connectivity index (χ3n) is 4.52. The number of pyridine rings is 1. The summed E-state index contributed by atoms with van der Waals surface area (Å²) in [5.74, 6) is 1.37. The van der Waals surface area contributed by atoms with Crippen LogP contribution >= 0.6 is 40.2 Å². The molecule has 0 fully saturated rings. The first-order valence-corrected chi connectivity index (χ1v) is 14.8. The maximum Gasteiger partial charge on any atom is 0.295 e. The van der Waals surface area contributed by atoms with Gasteiger partial charge in [-0.25, -0.2) is 28.7 Å². The Morgan fingerprint density at radius 3 is 2.44 bits per heavy atom. The Kier molecular flexibility index (Phi) is 7.06. The van der Waals surface area contributed by atoms with Crippen molar-refractivity contribution >= 4 is 74.4 Å². The number of nitrogens with zero attached hydrogens (tertiary/aromatic N) is 5. The fourth-order valence-corrected chi connectivity index (χ4v) is 5.71. The summed E-state index contributed by atoms with van der Waals surface area (Å²) in [6.45, 7) is 3.69. The SMILES string of the molecule is CSc1ccccc1Nc1cc(Nc2cc(C)nc(C)n2)nc2c1nc(C(F)F)n2PI. The summed E-state index contributed by atoms with van der Waals surface area (Å²) in [4.78, 5) is 18.6. The molecular formula is C20H19F2IN7PS. The molecule has 32 heavy (non-hydrogen) atoms. The molecule has 0 spiro atoms. The molecule has 0 amide bonds.